The summed E-state index contributed by atoms with van der Waals surface area (Å²) in [5.41, 5.74) is 2.18. The van der Waals surface area contributed by atoms with E-state index in [4.69, 9.17) is 18.6 Å². The van der Waals surface area contributed by atoms with E-state index in [2.05, 4.69) is 18.2 Å². The third-order valence-electron chi connectivity index (χ3n) is 5.93. The average Bonchev–Trinajstić information content (AvgIpc) is 2.86. The molecule has 2 aliphatic rings. The minimum absolute atomic E-state index is 0.0925. The highest BCUT2D eigenvalue weighted by atomic mass is 16.6. The van der Waals surface area contributed by atoms with E-state index in [-0.39, 0.29) is 23.9 Å². The summed E-state index contributed by atoms with van der Waals surface area (Å²) in [7, 11) is 0. The molecule has 0 amide bonds. The molecule has 1 saturated heterocycles. The van der Waals surface area contributed by atoms with Crippen molar-refractivity contribution in [3.8, 4) is 11.5 Å². The summed E-state index contributed by atoms with van der Waals surface area (Å²) in [6.45, 7) is 1.07. The molecule has 0 saturated carbocycles. The maximum absolute atomic E-state index is 12.8. The van der Waals surface area contributed by atoms with E-state index in [0.29, 0.717) is 24.5 Å². The molecule has 2 aromatic carbocycles. The third-order valence-corrected chi connectivity index (χ3v) is 5.93. The molecule has 1 N–H and O–H groups in total. The lowest BCUT2D eigenvalue weighted by Crippen LogP contribution is -2.32. The summed E-state index contributed by atoms with van der Waals surface area (Å²) in [5.74, 6) is 0.228. The molecule has 0 spiro atoms. The van der Waals surface area contributed by atoms with Crippen LogP contribution in [0.15, 0.2) is 81.5 Å². The lowest BCUT2D eigenvalue weighted by molar-refractivity contribution is -0.146. The van der Waals surface area contributed by atoms with Gasteiger partial charge in [0.1, 0.15) is 24.0 Å². The molecule has 1 aromatic heterocycles. The summed E-state index contributed by atoms with van der Waals surface area (Å²) in [5, 5.41) is 10.9. The van der Waals surface area contributed by atoms with Crippen LogP contribution in [0.25, 0.3) is 11.0 Å². The number of allylic oxidation sites excluding steroid dienone is 3. The second-order valence-electron chi connectivity index (χ2n) is 8.36. The fourth-order valence-corrected chi connectivity index (χ4v) is 4.21. The molecule has 33 heavy (non-hydrogen) atoms. The van der Waals surface area contributed by atoms with Gasteiger partial charge >= 0.3 is 0 Å². The summed E-state index contributed by atoms with van der Waals surface area (Å²) >= 11 is 0. The van der Waals surface area contributed by atoms with Crippen molar-refractivity contribution < 1.29 is 23.7 Å². The Morgan fingerprint density at radius 3 is 2.79 bits per heavy atom. The number of rotatable bonds is 6. The number of hydrogen-bond donors (Lipinski definition) is 1. The first-order valence-corrected chi connectivity index (χ1v) is 11.2. The van der Waals surface area contributed by atoms with Crippen LogP contribution in [0.5, 0.6) is 11.5 Å². The molecule has 2 atom stereocenters. The molecule has 3 aromatic rings. The summed E-state index contributed by atoms with van der Waals surface area (Å²) in [6, 6.07) is 14.8. The quantitative estimate of drug-likeness (QED) is 0.561. The van der Waals surface area contributed by atoms with Crippen molar-refractivity contribution in [3.63, 3.8) is 0 Å². The molecular formula is C27H26O6. The van der Waals surface area contributed by atoms with Crippen molar-refractivity contribution in [3.05, 3.63) is 93.9 Å². The van der Waals surface area contributed by atoms with Gasteiger partial charge in [0.2, 0.25) is 11.2 Å². The van der Waals surface area contributed by atoms with Crippen LogP contribution in [0.3, 0.4) is 0 Å². The Kier molecular flexibility index (Phi) is 6.28. The summed E-state index contributed by atoms with van der Waals surface area (Å²) < 4.78 is 23.8. The van der Waals surface area contributed by atoms with E-state index >= 15 is 0 Å². The Morgan fingerprint density at radius 1 is 1.09 bits per heavy atom. The van der Waals surface area contributed by atoms with Gasteiger partial charge in [0.15, 0.2) is 5.76 Å². The van der Waals surface area contributed by atoms with E-state index in [1.165, 1.54) is 5.57 Å². The van der Waals surface area contributed by atoms with Gasteiger partial charge in [-0.25, -0.2) is 0 Å². The molecule has 0 radical (unpaired) electrons. The second-order valence-corrected chi connectivity index (χ2v) is 8.36. The van der Waals surface area contributed by atoms with Crippen molar-refractivity contribution in [1.82, 2.24) is 0 Å². The zero-order chi connectivity index (χ0) is 22.6. The lowest BCUT2D eigenvalue weighted by Gasteiger charge is -2.30. The molecule has 1 aliphatic carbocycles. The van der Waals surface area contributed by atoms with E-state index in [9.17, 15) is 9.90 Å². The lowest BCUT2D eigenvalue weighted by atomic mass is 9.99. The number of benzene rings is 2. The van der Waals surface area contributed by atoms with Gasteiger partial charge in [-0.3, -0.25) is 4.79 Å². The monoisotopic (exact) mass is 446 g/mol. The summed E-state index contributed by atoms with van der Waals surface area (Å²) in [6.07, 6.45) is 8.27. The Morgan fingerprint density at radius 2 is 1.97 bits per heavy atom. The molecule has 1 fully saturated rings. The highest BCUT2D eigenvalue weighted by Gasteiger charge is 2.30. The zero-order valence-electron chi connectivity index (χ0n) is 18.2. The second kappa shape index (κ2) is 9.65. The Labute approximate surface area is 191 Å². The Hall–Kier alpha value is -3.35. The fourth-order valence-electron chi connectivity index (χ4n) is 4.21. The van der Waals surface area contributed by atoms with Gasteiger partial charge in [0, 0.05) is 6.07 Å². The Bertz CT molecular complexity index is 1240. The molecule has 170 valence electrons. The molecule has 1 aliphatic heterocycles. The first kappa shape index (κ1) is 21.5. The van der Waals surface area contributed by atoms with Crippen LogP contribution in [0.2, 0.25) is 0 Å². The van der Waals surface area contributed by atoms with E-state index in [0.717, 1.165) is 24.8 Å². The topological polar surface area (TPSA) is 78.1 Å². The van der Waals surface area contributed by atoms with Crippen molar-refractivity contribution >= 4 is 11.0 Å². The molecule has 2 unspecified atom stereocenters. The molecule has 0 bridgehead atoms. The van der Waals surface area contributed by atoms with Crippen molar-refractivity contribution in [2.75, 3.05) is 13.2 Å². The van der Waals surface area contributed by atoms with Crippen LogP contribution in [0.4, 0.5) is 0 Å². The standard InChI is InChI=1S/C27H26O6/c28-25-22-12-11-20(31-15-19-9-5-2-6-10-19)14-23(22)33-27(26(25)29)24-17-30-16-21(32-24)13-18-7-3-1-4-8-18/h1-3,5-7,9-12,14,21,24,29H,4,8,13,15-17H2. The maximum Gasteiger partial charge on any atom is 0.234 e. The SMILES string of the molecule is O=c1c(O)c(C2COCC(CC3=CC=CCC3)O2)oc2cc(OCc3ccccc3)ccc12. The van der Waals surface area contributed by atoms with Crippen LogP contribution < -0.4 is 10.2 Å². The van der Waals surface area contributed by atoms with Crippen LogP contribution in [-0.2, 0) is 16.1 Å². The predicted octanol–water partition coefficient (Wildman–Crippen LogP) is 5.20. The molecule has 2 heterocycles. The van der Waals surface area contributed by atoms with Gasteiger partial charge in [0.25, 0.3) is 0 Å². The fraction of sp³-hybridized carbons (Fsp3) is 0.296. The van der Waals surface area contributed by atoms with E-state index < -0.39 is 17.3 Å². The minimum Gasteiger partial charge on any atom is -0.502 e. The van der Waals surface area contributed by atoms with Crippen LogP contribution >= 0.6 is 0 Å². The average molecular weight is 446 g/mol. The molecule has 6 heteroatoms. The zero-order valence-corrected chi connectivity index (χ0v) is 18.2. The van der Waals surface area contributed by atoms with Gasteiger partial charge in [-0.05, 0) is 37.0 Å². The molecule has 6 nitrogen and oxygen atoms in total. The van der Waals surface area contributed by atoms with Crippen LogP contribution in [0, 0.1) is 0 Å². The van der Waals surface area contributed by atoms with Crippen LogP contribution in [-0.4, -0.2) is 24.4 Å². The van der Waals surface area contributed by atoms with Gasteiger partial charge in [-0.1, -0.05) is 54.1 Å². The predicted molar refractivity (Wildman–Crippen MR) is 124 cm³/mol. The van der Waals surface area contributed by atoms with Crippen molar-refractivity contribution in [2.24, 2.45) is 0 Å². The maximum atomic E-state index is 12.8. The number of hydrogen-bond acceptors (Lipinski definition) is 6. The number of fused-ring (bicyclic) bond motifs is 1. The first-order valence-electron chi connectivity index (χ1n) is 11.2. The molecular weight excluding hydrogens is 420 g/mol. The van der Waals surface area contributed by atoms with Gasteiger partial charge in [-0.2, -0.15) is 0 Å². The highest BCUT2D eigenvalue weighted by molar-refractivity contribution is 5.79. The van der Waals surface area contributed by atoms with E-state index in [1.807, 2.05) is 30.3 Å². The highest BCUT2D eigenvalue weighted by Crippen LogP contribution is 2.34. The normalized spacial score (nSPS) is 20.5. The van der Waals surface area contributed by atoms with Crippen LogP contribution in [0.1, 0.15) is 36.7 Å². The first-order chi connectivity index (χ1) is 16.2. The largest absolute Gasteiger partial charge is 0.502 e. The smallest absolute Gasteiger partial charge is 0.234 e. The molecule has 5 rings (SSSR count). The van der Waals surface area contributed by atoms with E-state index in [1.54, 1.807) is 18.2 Å². The number of aromatic hydroxyl groups is 1. The Balaban J connectivity index is 1.37. The summed E-state index contributed by atoms with van der Waals surface area (Å²) in [4.78, 5) is 12.8. The van der Waals surface area contributed by atoms with Crippen molar-refractivity contribution in [1.29, 1.82) is 0 Å². The van der Waals surface area contributed by atoms with Gasteiger partial charge < -0.3 is 23.7 Å². The number of ether oxygens (including phenoxy) is 3. The third kappa shape index (κ3) is 4.87. The van der Waals surface area contributed by atoms with Gasteiger partial charge in [0.05, 0.1) is 24.7 Å². The van der Waals surface area contributed by atoms with Gasteiger partial charge in [-0.15, -0.1) is 0 Å². The minimum atomic E-state index is -0.658. The van der Waals surface area contributed by atoms with Crippen molar-refractivity contribution in [2.45, 2.75) is 38.1 Å².